The number of allylic oxidation sites excluding steroid dienone is 5. The van der Waals surface area contributed by atoms with Crippen molar-refractivity contribution in [2.24, 2.45) is 46.3 Å². The lowest BCUT2D eigenvalue weighted by atomic mass is 9.50. The van der Waals surface area contributed by atoms with Crippen molar-refractivity contribution >= 4 is 0 Å². The van der Waals surface area contributed by atoms with Gasteiger partial charge in [0, 0.05) is 0 Å². The SMILES string of the molecule is CC(C)[C@@H](C)/C=C/[C@@H](C)[C@H]1CC[C@H]2C3=CCC4=C[C@H](O)CC[C@]4(C)[C@H]3CC[C@]12C. The molecule has 0 spiro atoms. The van der Waals surface area contributed by atoms with E-state index in [-0.39, 0.29) is 6.10 Å². The van der Waals surface area contributed by atoms with Crippen LogP contribution >= 0.6 is 0 Å². The summed E-state index contributed by atoms with van der Waals surface area (Å²) in [6.07, 6.45) is 18.3. The molecule has 2 saturated carbocycles. The van der Waals surface area contributed by atoms with Gasteiger partial charge in [0.25, 0.3) is 0 Å². The Bertz CT molecular complexity index is 712. The zero-order chi connectivity index (χ0) is 21.0. The van der Waals surface area contributed by atoms with E-state index in [1.807, 2.05) is 5.57 Å². The van der Waals surface area contributed by atoms with Crippen LogP contribution in [0.25, 0.3) is 0 Å². The number of hydrogen-bond donors (Lipinski definition) is 1. The normalized spacial score (nSPS) is 44.0. The molecule has 0 aromatic heterocycles. The molecule has 4 rings (SSSR count). The average molecular weight is 397 g/mol. The van der Waals surface area contributed by atoms with Crippen molar-refractivity contribution in [1.82, 2.24) is 0 Å². The van der Waals surface area contributed by atoms with Gasteiger partial charge >= 0.3 is 0 Å². The molecule has 0 amide bonds. The summed E-state index contributed by atoms with van der Waals surface area (Å²) >= 11 is 0. The van der Waals surface area contributed by atoms with Crippen molar-refractivity contribution in [2.75, 3.05) is 0 Å². The maximum absolute atomic E-state index is 10.2. The highest BCUT2D eigenvalue weighted by molar-refractivity contribution is 5.36. The van der Waals surface area contributed by atoms with Gasteiger partial charge in [0.1, 0.15) is 0 Å². The Hall–Kier alpha value is -0.820. The highest BCUT2D eigenvalue weighted by Crippen LogP contribution is 2.66. The predicted octanol–water partition coefficient (Wildman–Crippen LogP) is 7.33. The minimum atomic E-state index is -0.210. The molecule has 0 saturated heterocycles. The molecule has 0 aliphatic heterocycles. The van der Waals surface area contributed by atoms with Crippen molar-refractivity contribution in [3.8, 4) is 0 Å². The third-order valence-corrected chi connectivity index (χ3v) is 10.0. The zero-order valence-electron chi connectivity index (χ0n) is 19.7. The van der Waals surface area contributed by atoms with Gasteiger partial charge in [-0.3, -0.25) is 0 Å². The molecule has 8 atom stereocenters. The highest BCUT2D eigenvalue weighted by atomic mass is 16.3. The fraction of sp³-hybridized carbons (Fsp3) is 0.786. The first-order chi connectivity index (χ1) is 13.7. The van der Waals surface area contributed by atoms with E-state index in [2.05, 4.69) is 65.8 Å². The monoisotopic (exact) mass is 396 g/mol. The quantitative estimate of drug-likeness (QED) is 0.493. The van der Waals surface area contributed by atoms with Gasteiger partial charge in [-0.25, -0.2) is 0 Å². The Labute approximate surface area is 179 Å². The second-order valence-electron chi connectivity index (χ2n) is 11.8. The van der Waals surface area contributed by atoms with Crippen molar-refractivity contribution in [2.45, 2.75) is 92.6 Å². The molecule has 0 aromatic carbocycles. The average Bonchev–Trinajstić information content (AvgIpc) is 3.03. The van der Waals surface area contributed by atoms with Crippen molar-refractivity contribution in [3.63, 3.8) is 0 Å². The molecular formula is C28H44O. The third-order valence-electron chi connectivity index (χ3n) is 10.0. The van der Waals surface area contributed by atoms with Gasteiger partial charge in [0.15, 0.2) is 0 Å². The van der Waals surface area contributed by atoms with E-state index in [4.69, 9.17) is 0 Å². The summed E-state index contributed by atoms with van der Waals surface area (Å²) in [6, 6.07) is 0. The minimum Gasteiger partial charge on any atom is -0.389 e. The van der Waals surface area contributed by atoms with Crippen LogP contribution in [0.5, 0.6) is 0 Å². The molecule has 1 N–H and O–H groups in total. The first kappa shape index (κ1) is 21.4. The summed E-state index contributed by atoms with van der Waals surface area (Å²) in [5.74, 6) is 4.41. The summed E-state index contributed by atoms with van der Waals surface area (Å²) in [6.45, 7) is 14.6. The van der Waals surface area contributed by atoms with E-state index in [1.54, 1.807) is 0 Å². The molecule has 0 unspecified atom stereocenters. The van der Waals surface area contributed by atoms with Crippen LogP contribution in [0.2, 0.25) is 0 Å². The molecule has 4 aliphatic carbocycles. The first-order valence-corrected chi connectivity index (χ1v) is 12.4. The topological polar surface area (TPSA) is 20.2 Å². The van der Waals surface area contributed by atoms with Gasteiger partial charge in [-0.05, 0) is 91.3 Å². The molecule has 1 nitrogen and oxygen atoms in total. The van der Waals surface area contributed by atoms with Crippen LogP contribution in [-0.4, -0.2) is 11.2 Å². The lowest BCUT2D eigenvalue weighted by molar-refractivity contribution is 0.0498. The second kappa shape index (κ2) is 7.70. The van der Waals surface area contributed by atoms with Crippen LogP contribution in [0.1, 0.15) is 86.5 Å². The van der Waals surface area contributed by atoms with E-state index < -0.39 is 0 Å². The minimum absolute atomic E-state index is 0.210. The van der Waals surface area contributed by atoms with Gasteiger partial charge in [0.2, 0.25) is 0 Å². The van der Waals surface area contributed by atoms with Crippen LogP contribution < -0.4 is 0 Å². The third kappa shape index (κ3) is 3.50. The van der Waals surface area contributed by atoms with Crippen LogP contribution in [0.15, 0.2) is 35.5 Å². The van der Waals surface area contributed by atoms with E-state index >= 15 is 0 Å². The maximum Gasteiger partial charge on any atom is 0.0724 e. The number of aliphatic hydroxyl groups is 1. The largest absolute Gasteiger partial charge is 0.389 e. The molecule has 2 fully saturated rings. The summed E-state index contributed by atoms with van der Waals surface area (Å²) in [7, 11) is 0. The van der Waals surface area contributed by atoms with Gasteiger partial charge in [-0.1, -0.05) is 77.0 Å². The van der Waals surface area contributed by atoms with Crippen molar-refractivity contribution < 1.29 is 5.11 Å². The molecule has 0 aromatic rings. The fourth-order valence-electron chi connectivity index (χ4n) is 7.62. The van der Waals surface area contributed by atoms with E-state index in [9.17, 15) is 5.11 Å². The predicted molar refractivity (Wildman–Crippen MR) is 123 cm³/mol. The molecule has 0 heterocycles. The number of hydrogen-bond acceptors (Lipinski definition) is 1. The summed E-state index contributed by atoms with van der Waals surface area (Å²) in [5, 5.41) is 10.2. The van der Waals surface area contributed by atoms with Crippen LogP contribution in [0, 0.1) is 46.3 Å². The maximum atomic E-state index is 10.2. The van der Waals surface area contributed by atoms with Crippen molar-refractivity contribution in [1.29, 1.82) is 0 Å². The van der Waals surface area contributed by atoms with Gasteiger partial charge in [0.05, 0.1) is 6.10 Å². The Kier molecular flexibility index (Phi) is 5.69. The van der Waals surface area contributed by atoms with Crippen LogP contribution in [0.4, 0.5) is 0 Å². The molecule has 0 bridgehead atoms. The number of fused-ring (bicyclic) bond motifs is 5. The van der Waals surface area contributed by atoms with E-state index in [0.29, 0.717) is 22.7 Å². The smallest absolute Gasteiger partial charge is 0.0724 e. The second-order valence-corrected chi connectivity index (χ2v) is 11.8. The van der Waals surface area contributed by atoms with E-state index in [0.717, 1.165) is 36.5 Å². The Balaban J connectivity index is 1.56. The standard InChI is InChI=1S/C28H44O/c1-18(2)19(3)7-8-20(4)24-11-12-25-23-10-9-21-17-22(29)13-15-27(21,5)26(23)14-16-28(24,25)6/h7-8,10,17-20,22,24-26,29H,9,11-16H2,1-6H3/b8-7+/t19-,20+,22+,24+,25-,26-,27-,28+/m0/s1. The van der Waals surface area contributed by atoms with Gasteiger partial charge < -0.3 is 5.11 Å². The van der Waals surface area contributed by atoms with Gasteiger partial charge in [-0.2, -0.15) is 0 Å². The number of rotatable bonds is 4. The van der Waals surface area contributed by atoms with Gasteiger partial charge in [-0.15, -0.1) is 0 Å². The Morgan fingerprint density at radius 2 is 1.72 bits per heavy atom. The molecule has 162 valence electrons. The Morgan fingerprint density at radius 1 is 0.966 bits per heavy atom. The van der Waals surface area contributed by atoms with Crippen LogP contribution in [0.3, 0.4) is 0 Å². The molecule has 0 radical (unpaired) electrons. The molecule has 4 aliphatic rings. The molecule has 1 heteroatoms. The lowest BCUT2D eigenvalue weighted by Gasteiger charge is -2.55. The lowest BCUT2D eigenvalue weighted by Crippen LogP contribution is -2.46. The zero-order valence-corrected chi connectivity index (χ0v) is 19.7. The van der Waals surface area contributed by atoms with Crippen molar-refractivity contribution in [3.05, 3.63) is 35.5 Å². The molecular weight excluding hydrogens is 352 g/mol. The molecule has 29 heavy (non-hydrogen) atoms. The summed E-state index contributed by atoms with van der Waals surface area (Å²) < 4.78 is 0. The van der Waals surface area contributed by atoms with E-state index in [1.165, 1.54) is 37.7 Å². The Morgan fingerprint density at radius 3 is 2.45 bits per heavy atom. The summed E-state index contributed by atoms with van der Waals surface area (Å²) in [5.41, 5.74) is 4.12. The summed E-state index contributed by atoms with van der Waals surface area (Å²) in [4.78, 5) is 0. The van der Waals surface area contributed by atoms with Crippen LogP contribution in [-0.2, 0) is 0 Å². The number of aliphatic hydroxyl groups excluding tert-OH is 1. The first-order valence-electron chi connectivity index (χ1n) is 12.4. The highest BCUT2D eigenvalue weighted by Gasteiger charge is 2.56. The fourth-order valence-corrected chi connectivity index (χ4v) is 7.62.